The molecular weight excluding hydrogens is 361 g/mol. The maximum atomic E-state index is 11.2. The minimum atomic E-state index is -0.438. The number of rotatable bonds is 1. The third-order valence-corrected chi connectivity index (χ3v) is 4.02. The third kappa shape index (κ3) is 2.25. The minimum absolute atomic E-state index is 0.386. The molecule has 0 unspecified atom stereocenters. The molecule has 0 aliphatic carbocycles. The maximum absolute atomic E-state index is 11.2. The van der Waals surface area contributed by atoms with Gasteiger partial charge in [0.25, 0.3) is 0 Å². The summed E-state index contributed by atoms with van der Waals surface area (Å²) in [5, 5.41) is 8.79. The number of nitriles is 1. The van der Waals surface area contributed by atoms with Crippen molar-refractivity contribution < 1.29 is 9.53 Å². The van der Waals surface area contributed by atoms with Crippen LogP contribution in [0.4, 0.5) is 0 Å². The number of hydrogen-bond acceptors (Lipinski definition) is 3. The molecule has 0 aliphatic heterocycles. The second-order valence-corrected chi connectivity index (χ2v) is 4.38. The van der Waals surface area contributed by atoms with Crippen molar-refractivity contribution in [3.05, 3.63) is 31.3 Å². The Morgan fingerprint density at radius 3 is 2.79 bits per heavy atom. The molecule has 1 aromatic rings. The van der Waals surface area contributed by atoms with Gasteiger partial charge in [0.15, 0.2) is 0 Å². The number of benzene rings is 1. The van der Waals surface area contributed by atoms with Crippen LogP contribution < -0.4 is 0 Å². The zero-order valence-electron chi connectivity index (χ0n) is 7.17. The van der Waals surface area contributed by atoms with Gasteiger partial charge in [-0.1, -0.05) is 0 Å². The van der Waals surface area contributed by atoms with Gasteiger partial charge >= 0.3 is 5.97 Å². The van der Waals surface area contributed by atoms with Crippen LogP contribution in [0.3, 0.4) is 0 Å². The lowest BCUT2D eigenvalue weighted by Gasteiger charge is -2.03. The van der Waals surface area contributed by atoms with Crippen molar-refractivity contribution in [3.8, 4) is 6.07 Å². The molecule has 0 heterocycles. The highest BCUT2D eigenvalue weighted by molar-refractivity contribution is 14.1. The SMILES string of the molecule is COC(=O)c1cc(I)c(Br)c(C#N)c1. The van der Waals surface area contributed by atoms with E-state index in [0.717, 1.165) is 3.57 Å². The number of esters is 1. The van der Waals surface area contributed by atoms with Gasteiger partial charge in [-0.3, -0.25) is 0 Å². The molecule has 0 fully saturated rings. The van der Waals surface area contributed by atoms with Crippen LogP contribution in [0.5, 0.6) is 0 Å². The average molecular weight is 366 g/mol. The van der Waals surface area contributed by atoms with E-state index in [1.165, 1.54) is 13.2 Å². The molecule has 3 nitrogen and oxygen atoms in total. The van der Waals surface area contributed by atoms with E-state index >= 15 is 0 Å². The fraction of sp³-hybridized carbons (Fsp3) is 0.111. The van der Waals surface area contributed by atoms with Crippen molar-refractivity contribution >= 4 is 44.5 Å². The first-order valence-electron chi connectivity index (χ1n) is 3.57. The Labute approximate surface area is 103 Å². The van der Waals surface area contributed by atoms with Crippen LogP contribution in [0.25, 0.3) is 0 Å². The molecule has 0 aromatic heterocycles. The minimum Gasteiger partial charge on any atom is -0.465 e. The van der Waals surface area contributed by atoms with E-state index < -0.39 is 5.97 Å². The standard InChI is InChI=1S/C9H5BrINO2/c1-14-9(13)5-2-6(4-12)8(10)7(11)3-5/h2-3H,1H3. The number of hydrogen-bond donors (Lipinski definition) is 0. The molecule has 1 rings (SSSR count). The molecule has 14 heavy (non-hydrogen) atoms. The quantitative estimate of drug-likeness (QED) is 0.568. The summed E-state index contributed by atoms with van der Waals surface area (Å²) < 4.78 is 6.07. The van der Waals surface area contributed by atoms with E-state index in [9.17, 15) is 4.79 Å². The number of carbonyl (C=O) groups excluding carboxylic acids is 1. The van der Waals surface area contributed by atoms with Crippen molar-refractivity contribution in [2.45, 2.75) is 0 Å². The fourth-order valence-electron chi connectivity index (χ4n) is 0.906. The fourth-order valence-corrected chi connectivity index (χ4v) is 1.85. The molecule has 0 bridgehead atoms. The Balaban J connectivity index is 3.32. The summed E-state index contributed by atoms with van der Waals surface area (Å²) in [5.41, 5.74) is 0.814. The predicted octanol–water partition coefficient (Wildman–Crippen LogP) is 2.71. The smallest absolute Gasteiger partial charge is 0.337 e. The van der Waals surface area contributed by atoms with E-state index in [2.05, 4.69) is 20.7 Å². The molecule has 0 spiro atoms. The molecule has 0 saturated carbocycles. The first kappa shape index (κ1) is 11.5. The van der Waals surface area contributed by atoms with Gasteiger partial charge in [0.05, 0.1) is 18.2 Å². The second-order valence-electron chi connectivity index (χ2n) is 2.42. The molecule has 0 aliphatic rings. The number of nitrogens with zero attached hydrogens (tertiary/aromatic N) is 1. The predicted molar refractivity (Wildman–Crippen MR) is 62.9 cm³/mol. The largest absolute Gasteiger partial charge is 0.465 e. The first-order chi connectivity index (χ1) is 6.60. The maximum Gasteiger partial charge on any atom is 0.337 e. The summed E-state index contributed by atoms with van der Waals surface area (Å²) in [6, 6.07) is 5.16. The van der Waals surface area contributed by atoms with E-state index in [1.54, 1.807) is 6.07 Å². The van der Waals surface area contributed by atoms with Gasteiger partial charge in [-0.2, -0.15) is 5.26 Å². The van der Waals surface area contributed by atoms with Crippen LogP contribution in [0.1, 0.15) is 15.9 Å². The summed E-state index contributed by atoms with van der Waals surface area (Å²) >= 11 is 5.31. The van der Waals surface area contributed by atoms with Crippen LogP contribution in [-0.4, -0.2) is 13.1 Å². The highest BCUT2D eigenvalue weighted by Gasteiger charge is 2.11. The summed E-state index contributed by atoms with van der Waals surface area (Å²) in [5.74, 6) is -0.438. The third-order valence-electron chi connectivity index (χ3n) is 1.57. The molecule has 0 amide bonds. The van der Waals surface area contributed by atoms with Crippen LogP contribution in [-0.2, 0) is 4.74 Å². The van der Waals surface area contributed by atoms with Gasteiger partial charge in [-0.15, -0.1) is 0 Å². The second kappa shape index (κ2) is 4.75. The van der Waals surface area contributed by atoms with Gasteiger partial charge in [0.1, 0.15) is 6.07 Å². The zero-order valence-corrected chi connectivity index (χ0v) is 10.9. The lowest BCUT2D eigenvalue weighted by molar-refractivity contribution is 0.0600. The lowest BCUT2D eigenvalue weighted by atomic mass is 10.1. The molecule has 0 radical (unpaired) electrons. The Hall–Kier alpha value is -0.610. The topological polar surface area (TPSA) is 50.1 Å². The number of ether oxygens (including phenoxy) is 1. The van der Waals surface area contributed by atoms with E-state index in [0.29, 0.717) is 15.6 Å². The molecule has 72 valence electrons. The summed E-state index contributed by atoms with van der Waals surface area (Å²) in [6.07, 6.45) is 0. The van der Waals surface area contributed by atoms with Crippen molar-refractivity contribution in [2.24, 2.45) is 0 Å². The van der Waals surface area contributed by atoms with Gasteiger partial charge in [0.2, 0.25) is 0 Å². The molecule has 0 saturated heterocycles. The number of methoxy groups -OCH3 is 1. The van der Waals surface area contributed by atoms with Gasteiger partial charge in [-0.05, 0) is 50.7 Å². The highest BCUT2D eigenvalue weighted by Crippen LogP contribution is 2.25. The van der Waals surface area contributed by atoms with E-state index in [-0.39, 0.29) is 0 Å². The summed E-state index contributed by atoms with van der Waals surface area (Å²) in [6.45, 7) is 0. The zero-order chi connectivity index (χ0) is 10.7. The normalized spacial score (nSPS) is 9.29. The van der Waals surface area contributed by atoms with E-state index in [1.807, 2.05) is 28.7 Å². The number of carbonyl (C=O) groups is 1. The van der Waals surface area contributed by atoms with Crippen molar-refractivity contribution in [1.29, 1.82) is 5.26 Å². The molecule has 0 N–H and O–H groups in total. The lowest BCUT2D eigenvalue weighted by Crippen LogP contribution is -2.02. The molecule has 5 heteroatoms. The van der Waals surface area contributed by atoms with Gasteiger partial charge < -0.3 is 4.74 Å². The Kier molecular flexibility index (Phi) is 3.89. The van der Waals surface area contributed by atoms with Crippen LogP contribution in [0.15, 0.2) is 16.6 Å². The molecule has 1 aromatic carbocycles. The Morgan fingerprint density at radius 2 is 2.29 bits per heavy atom. The van der Waals surface area contributed by atoms with Crippen LogP contribution >= 0.6 is 38.5 Å². The monoisotopic (exact) mass is 365 g/mol. The van der Waals surface area contributed by atoms with Gasteiger partial charge in [-0.25, -0.2) is 4.79 Å². The van der Waals surface area contributed by atoms with E-state index in [4.69, 9.17) is 5.26 Å². The Bertz CT molecular complexity index is 426. The molecular formula is C9H5BrINO2. The highest BCUT2D eigenvalue weighted by atomic mass is 127. The van der Waals surface area contributed by atoms with Crippen molar-refractivity contribution in [3.63, 3.8) is 0 Å². The first-order valence-corrected chi connectivity index (χ1v) is 5.44. The number of halogens is 2. The van der Waals surface area contributed by atoms with Crippen molar-refractivity contribution in [2.75, 3.05) is 7.11 Å². The molecule has 0 atom stereocenters. The van der Waals surface area contributed by atoms with Gasteiger partial charge in [0, 0.05) is 8.04 Å². The average Bonchev–Trinajstić information content (AvgIpc) is 2.20. The summed E-state index contributed by atoms with van der Waals surface area (Å²) in [7, 11) is 1.31. The van der Waals surface area contributed by atoms with Crippen LogP contribution in [0.2, 0.25) is 0 Å². The summed E-state index contributed by atoms with van der Waals surface area (Å²) in [4.78, 5) is 11.2. The van der Waals surface area contributed by atoms with Crippen molar-refractivity contribution in [1.82, 2.24) is 0 Å². The van der Waals surface area contributed by atoms with Crippen LogP contribution in [0, 0.1) is 14.9 Å². The Morgan fingerprint density at radius 1 is 1.64 bits per heavy atom.